The van der Waals surface area contributed by atoms with Crippen LogP contribution in [0.3, 0.4) is 0 Å². The number of fused-ring (bicyclic) bond motifs is 1. The van der Waals surface area contributed by atoms with Crippen LogP contribution in [-0.2, 0) is 39.1 Å². The van der Waals surface area contributed by atoms with Crippen LogP contribution in [0.4, 0.5) is 4.39 Å². The Morgan fingerprint density at radius 2 is 1.97 bits per heavy atom. The summed E-state index contributed by atoms with van der Waals surface area (Å²) in [5.74, 6) is -0.840. The number of nitrogens with zero attached hydrogens (tertiary/aromatic N) is 1. The minimum absolute atomic E-state index is 0.0249. The lowest BCUT2D eigenvalue weighted by Crippen LogP contribution is -2.36. The first-order chi connectivity index (χ1) is 15.2. The predicted octanol–water partition coefficient (Wildman–Crippen LogP) is 3.47. The molecule has 32 heavy (non-hydrogen) atoms. The number of thiophene rings is 1. The maximum atomic E-state index is 13.1. The van der Waals surface area contributed by atoms with E-state index in [0.717, 1.165) is 17.8 Å². The van der Waals surface area contributed by atoms with Crippen molar-refractivity contribution in [2.75, 3.05) is 13.7 Å². The molecule has 0 spiro atoms. The van der Waals surface area contributed by atoms with Crippen LogP contribution in [0.1, 0.15) is 53.1 Å². The fourth-order valence-corrected chi connectivity index (χ4v) is 6.47. The average Bonchev–Trinajstić information content (AvgIpc) is 3.18. The van der Waals surface area contributed by atoms with Crippen LogP contribution in [0.25, 0.3) is 0 Å². The van der Waals surface area contributed by atoms with Crippen molar-refractivity contribution in [3.05, 3.63) is 51.7 Å². The second-order valence-corrected chi connectivity index (χ2v) is 11.0. The first kappa shape index (κ1) is 24.3. The molecule has 1 aliphatic heterocycles. The average molecular weight is 483 g/mol. The monoisotopic (exact) mass is 482 g/mol. The van der Waals surface area contributed by atoms with Crippen LogP contribution in [0, 0.1) is 11.7 Å². The normalized spacial score (nSPS) is 14.7. The van der Waals surface area contributed by atoms with Crippen LogP contribution < -0.4 is 4.72 Å². The van der Waals surface area contributed by atoms with E-state index < -0.39 is 21.8 Å². The molecule has 0 saturated heterocycles. The summed E-state index contributed by atoms with van der Waals surface area (Å²) in [4.78, 5) is 27.5. The molecule has 2 heterocycles. The van der Waals surface area contributed by atoms with Gasteiger partial charge in [-0.3, -0.25) is 4.79 Å². The third-order valence-electron chi connectivity index (χ3n) is 5.61. The molecule has 1 aromatic heterocycles. The van der Waals surface area contributed by atoms with E-state index in [1.807, 2.05) is 13.8 Å². The lowest BCUT2D eigenvalue weighted by atomic mass is 10.0. The Kier molecular flexibility index (Phi) is 7.68. The van der Waals surface area contributed by atoms with E-state index in [-0.39, 0.29) is 34.7 Å². The first-order valence-corrected chi connectivity index (χ1v) is 12.7. The predicted molar refractivity (Wildman–Crippen MR) is 119 cm³/mol. The van der Waals surface area contributed by atoms with Gasteiger partial charge in [-0.2, -0.15) is 0 Å². The molecule has 0 unspecified atom stereocenters. The first-order valence-electron chi connectivity index (χ1n) is 10.4. The highest BCUT2D eigenvalue weighted by molar-refractivity contribution is 7.91. The van der Waals surface area contributed by atoms with Gasteiger partial charge in [0.2, 0.25) is 5.91 Å². The maximum absolute atomic E-state index is 13.1. The molecule has 1 aromatic carbocycles. The molecule has 3 rings (SSSR count). The molecule has 0 fully saturated rings. The fraction of sp³-hybridized carbons (Fsp3) is 0.455. The number of benzene rings is 1. The Morgan fingerprint density at radius 1 is 1.28 bits per heavy atom. The van der Waals surface area contributed by atoms with Crippen molar-refractivity contribution < 1.29 is 27.1 Å². The second-order valence-electron chi connectivity index (χ2n) is 7.89. The van der Waals surface area contributed by atoms with E-state index >= 15 is 0 Å². The van der Waals surface area contributed by atoms with E-state index in [4.69, 9.17) is 4.74 Å². The summed E-state index contributed by atoms with van der Waals surface area (Å²) in [7, 11) is -2.83. The zero-order valence-electron chi connectivity index (χ0n) is 18.3. The van der Waals surface area contributed by atoms with Crippen LogP contribution in [0.2, 0.25) is 0 Å². The molecule has 1 atom stereocenters. The van der Waals surface area contributed by atoms with Crippen molar-refractivity contribution in [3.63, 3.8) is 0 Å². The Morgan fingerprint density at radius 3 is 2.59 bits per heavy atom. The largest absolute Gasteiger partial charge is 0.465 e. The van der Waals surface area contributed by atoms with Gasteiger partial charge >= 0.3 is 5.97 Å². The van der Waals surface area contributed by atoms with E-state index in [1.54, 1.807) is 4.90 Å². The Bertz CT molecular complexity index is 1100. The number of amides is 1. The third kappa shape index (κ3) is 5.36. The summed E-state index contributed by atoms with van der Waals surface area (Å²) in [6.45, 7) is 4.69. The molecular weight excluding hydrogens is 455 g/mol. The lowest BCUT2D eigenvalue weighted by molar-refractivity contribution is -0.133. The van der Waals surface area contributed by atoms with Gasteiger partial charge < -0.3 is 9.64 Å². The second kappa shape index (κ2) is 10.1. The molecule has 1 amide bonds. The standard InChI is InChI=1S/C22H27FN2O5S2/c1-4-14(2)11-19(26)25-10-9-17-18(13-25)31-22(20(17)21(27)30-3)32(28,29)24-12-15-5-7-16(23)8-6-15/h5-8,14,24H,4,9-13H2,1-3H3/t14-/m1/s1. The number of ether oxygens (including phenoxy) is 1. The molecular formula is C22H27FN2O5S2. The van der Waals surface area contributed by atoms with Crippen LogP contribution in [0.5, 0.6) is 0 Å². The Hall–Kier alpha value is -2.30. The summed E-state index contributed by atoms with van der Waals surface area (Å²) in [5.41, 5.74) is 1.24. The summed E-state index contributed by atoms with van der Waals surface area (Å²) < 4.78 is 46.5. The number of methoxy groups -OCH3 is 1. The van der Waals surface area contributed by atoms with Gasteiger partial charge in [-0.15, -0.1) is 11.3 Å². The summed E-state index contributed by atoms with van der Waals surface area (Å²) in [6.07, 6.45) is 1.72. The molecule has 0 aliphatic carbocycles. The maximum Gasteiger partial charge on any atom is 0.340 e. The van der Waals surface area contributed by atoms with Gasteiger partial charge in [-0.1, -0.05) is 32.4 Å². The van der Waals surface area contributed by atoms with Crippen LogP contribution >= 0.6 is 11.3 Å². The summed E-state index contributed by atoms with van der Waals surface area (Å²) in [6, 6.07) is 5.47. The lowest BCUT2D eigenvalue weighted by Gasteiger charge is -2.28. The number of halogens is 1. The molecule has 1 aliphatic rings. The van der Waals surface area contributed by atoms with Gasteiger partial charge in [0.1, 0.15) is 10.0 Å². The SMILES string of the molecule is CC[C@@H](C)CC(=O)N1CCc2c(sc(S(=O)(=O)NCc3ccc(F)cc3)c2C(=O)OC)C1. The van der Waals surface area contributed by atoms with Crippen molar-refractivity contribution in [3.8, 4) is 0 Å². The van der Waals surface area contributed by atoms with Crippen molar-refractivity contribution in [2.45, 2.75) is 50.4 Å². The molecule has 2 aromatic rings. The molecule has 10 heteroatoms. The topological polar surface area (TPSA) is 92.8 Å². The van der Waals surface area contributed by atoms with Crippen LogP contribution in [-0.4, -0.2) is 38.8 Å². The van der Waals surface area contributed by atoms with Crippen molar-refractivity contribution in [1.29, 1.82) is 0 Å². The van der Waals surface area contributed by atoms with Crippen molar-refractivity contribution in [1.82, 2.24) is 9.62 Å². The number of carbonyl (C=O) groups excluding carboxylic acids is 2. The number of sulfonamides is 1. The fourth-order valence-electron chi connectivity index (χ4n) is 3.51. The Balaban J connectivity index is 1.87. The van der Waals surface area contributed by atoms with Gasteiger partial charge in [0.05, 0.1) is 19.2 Å². The van der Waals surface area contributed by atoms with E-state index in [1.165, 1.54) is 31.4 Å². The molecule has 0 bridgehead atoms. The molecule has 0 radical (unpaired) electrons. The van der Waals surface area contributed by atoms with E-state index in [0.29, 0.717) is 35.4 Å². The third-order valence-corrected chi connectivity index (χ3v) is 8.75. The minimum atomic E-state index is -4.04. The summed E-state index contributed by atoms with van der Waals surface area (Å²) >= 11 is 0.991. The van der Waals surface area contributed by atoms with Crippen molar-refractivity contribution in [2.24, 2.45) is 5.92 Å². The minimum Gasteiger partial charge on any atom is -0.465 e. The number of carbonyl (C=O) groups is 2. The van der Waals surface area contributed by atoms with Gasteiger partial charge in [-0.05, 0) is 35.6 Å². The number of hydrogen-bond acceptors (Lipinski definition) is 6. The van der Waals surface area contributed by atoms with Crippen molar-refractivity contribution >= 4 is 33.2 Å². The van der Waals surface area contributed by atoms with Gasteiger partial charge in [0.15, 0.2) is 0 Å². The zero-order chi connectivity index (χ0) is 23.5. The van der Waals surface area contributed by atoms with E-state index in [9.17, 15) is 22.4 Å². The Labute approximate surface area is 191 Å². The highest BCUT2D eigenvalue weighted by Gasteiger charge is 2.35. The number of esters is 1. The smallest absolute Gasteiger partial charge is 0.340 e. The van der Waals surface area contributed by atoms with Gasteiger partial charge in [-0.25, -0.2) is 22.3 Å². The zero-order valence-corrected chi connectivity index (χ0v) is 19.9. The number of nitrogens with one attached hydrogen (secondary N) is 1. The molecule has 1 N–H and O–H groups in total. The quantitative estimate of drug-likeness (QED) is 0.582. The summed E-state index contributed by atoms with van der Waals surface area (Å²) in [5, 5.41) is 0. The van der Waals surface area contributed by atoms with Gasteiger partial charge in [0, 0.05) is 24.4 Å². The van der Waals surface area contributed by atoms with E-state index in [2.05, 4.69) is 4.72 Å². The van der Waals surface area contributed by atoms with Crippen LogP contribution in [0.15, 0.2) is 28.5 Å². The number of rotatable bonds is 8. The number of hydrogen-bond donors (Lipinski definition) is 1. The molecule has 0 saturated carbocycles. The molecule has 174 valence electrons. The molecule has 7 nitrogen and oxygen atoms in total. The van der Waals surface area contributed by atoms with Gasteiger partial charge in [0.25, 0.3) is 10.0 Å². The highest BCUT2D eigenvalue weighted by atomic mass is 32.2. The highest BCUT2D eigenvalue weighted by Crippen LogP contribution is 2.37.